The Balaban J connectivity index is 1.61. The molecule has 3 heterocycles. The van der Waals surface area contributed by atoms with Crippen molar-refractivity contribution in [2.24, 2.45) is 0 Å². The van der Waals surface area contributed by atoms with E-state index in [0.29, 0.717) is 6.54 Å². The van der Waals surface area contributed by atoms with Crippen LogP contribution in [0.1, 0.15) is 37.9 Å². The summed E-state index contributed by atoms with van der Waals surface area (Å²) in [6.45, 7) is 3.68. The number of hydrogen-bond donors (Lipinski definition) is 0. The van der Waals surface area contributed by atoms with Gasteiger partial charge in [0.25, 0.3) is 0 Å². The lowest BCUT2D eigenvalue weighted by Crippen LogP contribution is -2.42. The summed E-state index contributed by atoms with van der Waals surface area (Å²) in [7, 11) is 0. The molecular weight excluding hydrogens is 270 g/mol. The van der Waals surface area contributed by atoms with Gasteiger partial charge in [0, 0.05) is 50.8 Å². The van der Waals surface area contributed by atoms with Crippen molar-refractivity contribution < 1.29 is 14.4 Å². The van der Waals surface area contributed by atoms with Gasteiger partial charge in [-0.1, -0.05) is 0 Å². The summed E-state index contributed by atoms with van der Waals surface area (Å²) >= 11 is 0. The normalized spacial score (nSPS) is 21.9. The zero-order valence-corrected chi connectivity index (χ0v) is 12.1. The molecule has 21 heavy (non-hydrogen) atoms. The molecule has 1 atom stereocenters. The first kappa shape index (κ1) is 13.9. The van der Waals surface area contributed by atoms with Crippen molar-refractivity contribution in [3.63, 3.8) is 0 Å². The second kappa shape index (κ2) is 5.35. The quantitative estimate of drug-likeness (QED) is 0.778. The molecular formula is C15H19N3O3. The van der Waals surface area contributed by atoms with Gasteiger partial charge in [0.1, 0.15) is 0 Å². The highest BCUT2D eigenvalue weighted by molar-refractivity contribution is 6.02. The number of nitrogens with zero attached hydrogens (tertiary/aromatic N) is 3. The van der Waals surface area contributed by atoms with Crippen molar-refractivity contribution in [2.45, 2.75) is 38.8 Å². The first-order valence-corrected chi connectivity index (χ1v) is 7.35. The van der Waals surface area contributed by atoms with Crippen molar-refractivity contribution in [3.05, 3.63) is 24.0 Å². The van der Waals surface area contributed by atoms with Crippen LogP contribution in [0.2, 0.25) is 0 Å². The van der Waals surface area contributed by atoms with Gasteiger partial charge in [-0.3, -0.25) is 19.3 Å². The van der Waals surface area contributed by atoms with E-state index in [1.165, 1.54) is 4.90 Å². The Morgan fingerprint density at radius 2 is 1.95 bits per heavy atom. The molecule has 1 saturated heterocycles. The monoisotopic (exact) mass is 289 g/mol. The van der Waals surface area contributed by atoms with Crippen molar-refractivity contribution >= 4 is 17.7 Å². The van der Waals surface area contributed by atoms with Crippen LogP contribution >= 0.6 is 0 Å². The van der Waals surface area contributed by atoms with E-state index in [1.807, 2.05) is 30.2 Å². The molecule has 0 saturated carbocycles. The van der Waals surface area contributed by atoms with Gasteiger partial charge in [-0.25, -0.2) is 0 Å². The third kappa shape index (κ3) is 2.46. The molecule has 112 valence electrons. The standard InChI is InChI=1S/C15H19N3O3/c1-11-12-3-2-7-16(12)9-10-17(11)15(21)6-8-18-13(19)4-5-14(18)20/h2-3,7,11H,4-6,8-10H2,1H3. The first-order chi connectivity index (χ1) is 10.1. The Hall–Kier alpha value is -2.11. The summed E-state index contributed by atoms with van der Waals surface area (Å²) in [5, 5.41) is 0. The van der Waals surface area contributed by atoms with Crippen LogP contribution in [0.25, 0.3) is 0 Å². The van der Waals surface area contributed by atoms with Crippen LogP contribution in [0.4, 0.5) is 0 Å². The molecule has 1 fully saturated rings. The van der Waals surface area contributed by atoms with E-state index in [0.717, 1.165) is 12.2 Å². The fourth-order valence-corrected chi connectivity index (χ4v) is 3.14. The molecule has 0 N–H and O–H groups in total. The van der Waals surface area contributed by atoms with Crippen molar-refractivity contribution in [3.8, 4) is 0 Å². The van der Waals surface area contributed by atoms with E-state index in [4.69, 9.17) is 0 Å². The molecule has 0 spiro atoms. The van der Waals surface area contributed by atoms with E-state index < -0.39 is 0 Å². The lowest BCUT2D eigenvalue weighted by molar-refractivity contribution is -0.140. The second-order valence-corrected chi connectivity index (χ2v) is 5.58. The number of likely N-dealkylation sites (tertiary alicyclic amines) is 1. The zero-order chi connectivity index (χ0) is 15.0. The summed E-state index contributed by atoms with van der Waals surface area (Å²) < 4.78 is 2.15. The number of aromatic nitrogens is 1. The Labute approximate surface area is 123 Å². The Morgan fingerprint density at radius 3 is 2.67 bits per heavy atom. The predicted molar refractivity (Wildman–Crippen MR) is 75.1 cm³/mol. The lowest BCUT2D eigenvalue weighted by Gasteiger charge is -2.35. The molecule has 1 aromatic rings. The van der Waals surface area contributed by atoms with Crippen LogP contribution in [-0.2, 0) is 20.9 Å². The molecule has 0 radical (unpaired) electrons. The van der Waals surface area contributed by atoms with Gasteiger partial charge in [-0.2, -0.15) is 0 Å². The topological polar surface area (TPSA) is 62.6 Å². The molecule has 0 aromatic carbocycles. The molecule has 2 aliphatic heterocycles. The van der Waals surface area contributed by atoms with Crippen LogP contribution in [0, 0.1) is 0 Å². The number of carbonyl (C=O) groups excluding carboxylic acids is 3. The van der Waals surface area contributed by atoms with Gasteiger partial charge in [0.05, 0.1) is 6.04 Å². The van der Waals surface area contributed by atoms with Gasteiger partial charge in [-0.15, -0.1) is 0 Å². The minimum absolute atomic E-state index is 0.00227. The smallest absolute Gasteiger partial charge is 0.229 e. The zero-order valence-electron chi connectivity index (χ0n) is 12.1. The first-order valence-electron chi connectivity index (χ1n) is 7.35. The molecule has 2 aliphatic rings. The average Bonchev–Trinajstić information content (AvgIpc) is 3.05. The Kier molecular flexibility index (Phi) is 3.53. The van der Waals surface area contributed by atoms with Crippen molar-refractivity contribution in [1.29, 1.82) is 0 Å². The highest BCUT2D eigenvalue weighted by Gasteiger charge is 2.31. The van der Waals surface area contributed by atoms with E-state index in [1.54, 1.807) is 0 Å². The number of carbonyl (C=O) groups is 3. The third-order valence-electron chi connectivity index (χ3n) is 4.37. The molecule has 0 aliphatic carbocycles. The number of hydrogen-bond acceptors (Lipinski definition) is 3. The van der Waals surface area contributed by atoms with Gasteiger partial charge >= 0.3 is 0 Å². The van der Waals surface area contributed by atoms with Gasteiger partial charge in [-0.05, 0) is 19.1 Å². The molecule has 6 heteroatoms. The lowest BCUT2D eigenvalue weighted by atomic mass is 10.1. The summed E-state index contributed by atoms with van der Waals surface area (Å²) in [4.78, 5) is 38.5. The summed E-state index contributed by atoms with van der Waals surface area (Å²) in [5.74, 6) is -0.316. The van der Waals surface area contributed by atoms with E-state index >= 15 is 0 Å². The maximum absolute atomic E-state index is 12.4. The minimum Gasteiger partial charge on any atom is -0.348 e. The average molecular weight is 289 g/mol. The SMILES string of the molecule is CC1c2cccn2CCN1C(=O)CCN1C(=O)CCC1=O. The van der Waals surface area contributed by atoms with E-state index in [9.17, 15) is 14.4 Å². The van der Waals surface area contributed by atoms with Crippen LogP contribution < -0.4 is 0 Å². The number of amides is 3. The summed E-state index contributed by atoms with van der Waals surface area (Å²) in [5.41, 5.74) is 1.13. The molecule has 1 unspecified atom stereocenters. The molecule has 0 bridgehead atoms. The van der Waals surface area contributed by atoms with Crippen molar-refractivity contribution in [1.82, 2.24) is 14.4 Å². The number of imide groups is 1. The van der Waals surface area contributed by atoms with Crippen LogP contribution in [0.3, 0.4) is 0 Å². The fraction of sp³-hybridized carbons (Fsp3) is 0.533. The van der Waals surface area contributed by atoms with E-state index in [2.05, 4.69) is 4.57 Å². The fourth-order valence-electron chi connectivity index (χ4n) is 3.14. The Morgan fingerprint density at radius 1 is 1.24 bits per heavy atom. The maximum atomic E-state index is 12.4. The highest BCUT2D eigenvalue weighted by atomic mass is 16.2. The summed E-state index contributed by atoms with van der Waals surface area (Å²) in [6, 6.07) is 4.05. The largest absolute Gasteiger partial charge is 0.348 e. The van der Waals surface area contributed by atoms with E-state index in [-0.39, 0.29) is 49.6 Å². The van der Waals surface area contributed by atoms with Gasteiger partial charge in [0.15, 0.2) is 0 Å². The van der Waals surface area contributed by atoms with Gasteiger partial charge in [0.2, 0.25) is 17.7 Å². The molecule has 6 nitrogen and oxygen atoms in total. The van der Waals surface area contributed by atoms with Gasteiger partial charge < -0.3 is 9.47 Å². The molecule has 3 rings (SSSR count). The third-order valence-corrected chi connectivity index (χ3v) is 4.37. The van der Waals surface area contributed by atoms with Crippen LogP contribution in [-0.4, -0.2) is 45.2 Å². The van der Waals surface area contributed by atoms with Crippen molar-refractivity contribution in [2.75, 3.05) is 13.1 Å². The van der Waals surface area contributed by atoms with Crippen LogP contribution in [0.15, 0.2) is 18.3 Å². The minimum atomic E-state index is -0.159. The number of rotatable bonds is 3. The highest BCUT2D eigenvalue weighted by Crippen LogP contribution is 2.26. The van der Waals surface area contributed by atoms with Crippen LogP contribution in [0.5, 0.6) is 0 Å². The molecule has 3 amide bonds. The maximum Gasteiger partial charge on any atom is 0.229 e. The second-order valence-electron chi connectivity index (χ2n) is 5.58. The number of fused-ring (bicyclic) bond motifs is 1. The molecule has 1 aromatic heterocycles. The Bertz CT molecular complexity index is 577. The predicted octanol–water partition coefficient (Wildman–Crippen LogP) is 0.930. The summed E-state index contributed by atoms with van der Waals surface area (Å²) in [6.07, 6.45) is 2.79.